The standard InChI is InChI=1S/C25H24N2O2/c1-18-6-8-20(9-7-18)16-27-17-22(23-4-2-3-5-24(23)27)15-26-14-19-10-12-21(13-11-19)25(28)29/h2-13,17,26H,14-16H2,1H3,(H,28,29). The molecule has 0 bridgehead atoms. The summed E-state index contributed by atoms with van der Waals surface area (Å²) in [5.41, 5.74) is 6.43. The van der Waals surface area contributed by atoms with Crippen molar-refractivity contribution in [2.75, 3.05) is 0 Å². The number of benzene rings is 3. The fourth-order valence-corrected chi connectivity index (χ4v) is 3.59. The van der Waals surface area contributed by atoms with Crippen molar-refractivity contribution >= 4 is 16.9 Å². The number of hydrogen-bond donors (Lipinski definition) is 2. The van der Waals surface area contributed by atoms with Gasteiger partial charge in [-0.2, -0.15) is 0 Å². The van der Waals surface area contributed by atoms with Gasteiger partial charge in [0.1, 0.15) is 0 Å². The number of nitrogens with one attached hydrogen (secondary N) is 1. The topological polar surface area (TPSA) is 54.3 Å². The minimum atomic E-state index is -0.897. The van der Waals surface area contributed by atoms with Gasteiger partial charge in [-0.1, -0.05) is 60.2 Å². The molecule has 4 aromatic rings. The Morgan fingerprint density at radius 1 is 0.897 bits per heavy atom. The summed E-state index contributed by atoms with van der Waals surface area (Å²) in [6.07, 6.45) is 2.23. The number of fused-ring (bicyclic) bond motifs is 1. The first-order chi connectivity index (χ1) is 14.1. The lowest BCUT2D eigenvalue weighted by Gasteiger charge is -2.06. The molecule has 4 heteroatoms. The molecule has 0 unspecified atom stereocenters. The number of aromatic nitrogens is 1. The van der Waals surface area contributed by atoms with Gasteiger partial charge in [0.15, 0.2) is 0 Å². The number of rotatable bonds is 7. The van der Waals surface area contributed by atoms with Gasteiger partial charge in [0.2, 0.25) is 0 Å². The molecule has 0 saturated heterocycles. The fourth-order valence-electron chi connectivity index (χ4n) is 3.59. The Balaban J connectivity index is 1.48. The van der Waals surface area contributed by atoms with Gasteiger partial charge in [-0.25, -0.2) is 4.79 Å². The molecule has 0 fully saturated rings. The maximum atomic E-state index is 11.0. The van der Waals surface area contributed by atoms with Gasteiger partial charge in [-0.05, 0) is 41.8 Å². The monoisotopic (exact) mass is 384 g/mol. The van der Waals surface area contributed by atoms with Crippen molar-refractivity contribution in [3.8, 4) is 0 Å². The lowest BCUT2D eigenvalue weighted by molar-refractivity contribution is 0.0697. The van der Waals surface area contributed by atoms with Gasteiger partial charge in [0.05, 0.1) is 5.56 Å². The van der Waals surface area contributed by atoms with E-state index in [1.165, 1.54) is 27.6 Å². The predicted octanol–water partition coefficient (Wildman–Crippen LogP) is 4.99. The summed E-state index contributed by atoms with van der Waals surface area (Å²) >= 11 is 0. The van der Waals surface area contributed by atoms with Crippen LogP contribution < -0.4 is 5.32 Å². The summed E-state index contributed by atoms with van der Waals surface area (Å²) in [7, 11) is 0. The van der Waals surface area contributed by atoms with E-state index in [1.807, 2.05) is 12.1 Å². The van der Waals surface area contributed by atoms with E-state index >= 15 is 0 Å². The van der Waals surface area contributed by atoms with E-state index in [0.29, 0.717) is 12.1 Å². The van der Waals surface area contributed by atoms with E-state index in [1.54, 1.807) is 12.1 Å². The highest BCUT2D eigenvalue weighted by molar-refractivity contribution is 5.87. The highest BCUT2D eigenvalue weighted by Crippen LogP contribution is 2.22. The van der Waals surface area contributed by atoms with Crippen LogP contribution in [0, 0.1) is 6.92 Å². The van der Waals surface area contributed by atoms with E-state index in [-0.39, 0.29) is 0 Å². The normalized spacial score (nSPS) is 11.1. The third kappa shape index (κ3) is 4.39. The van der Waals surface area contributed by atoms with Crippen molar-refractivity contribution in [1.29, 1.82) is 0 Å². The Labute approximate surface area is 170 Å². The highest BCUT2D eigenvalue weighted by atomic mass is 16.4. The molecule has 2 N–H and O–H groups in total. The van der Waals surface area contributed by atoms with Crippen molar-refractivity contribution in [1.82, 2.24) is 9.88 Å². The summed E-state index contributed by atoms with van der Waals surface area (Å²) in [5, 5.41) is 13.7. The average Bonchev–Trinajstić information content (AvgIpc) is 3.08. The van der Waals surface area contributed by atoms with Crippen LogP contribution in [0.15, 0.2) is 79.0 Å². The molecule has 1 aromatic heterocycles. The van der Waals surface area contributed by atoms with Gasteiger partial charge in [0, 0.05) is 36.7 Å². The van der Waals surface area contributed by atoms with Crippen LogP contribution in [0.2, 0.25) is 0 Å². The molecule has 0 aliphatic rings. The van der Waals surface area contributed by atoms with E-state index in [2.05, 4.69) is 71.5 Å². The number of aromatic carboxylic acids is 1. The molecule has 0 atom stereocenters. The van der Waals surface area contributed by atoms with Crippen LogP contribution in [0.25, 0.3) is 10.9 Å². The van der Waals surface area contributed by atoms with Gasteiger partial charge in [-0.15, -0.1) is 0 Å². The van der Waals surface area contributed by atoms with Crippen LogP contribution in [0.5, 0.6) is 0 Å². The molecule has 29 heavy (non-hydrogen) atoms. The lowest BCUT2D eigenvalue weighted by atomic mass is 10.1. The Bertz CT molecular complexity index is 1130. The molecule has 0 aliphatic carbocycles. The molecular formula is C25H24N2O2. The number of aryl methyl sites for hydroxylation is 1. The summed E-state index contributed by atoms with van der Waals surface area (Å²) in [4.78, 5) is 11.0. The molecule has 146 valence electrons. The highest BCUT2D eigenvalue weighted by Gasteiger charge is 2.09. The number of nitrogens with zero attached hydrogens (tertiary/aromatic N) is 1. The smallest absolute Gasteiger partial charge is 0.335 e. The van der Waals surface area contributed by atoms with Crippen LogP contribution in [0.1, 0.15) is 32.6 Å². The van der Waals surface area contributed by atoms with Crippen molar-refractivity contribution in [3.63, 3.8) is 0 Å². The number of para-hydroxylation sites is 1. The van der Waals surface area contributed by atoms with Crippen molar-refractivity contribution in [3.05, 3.63) is 107 Å². The second kappa shape index (κ2) is 8.33. The number of carboxylic acid groups (broad SMARTS) is 1. The molecule has 4 rings (SSSR count). The van der Waals surface area contributed by atoms with Gasteiger partial charge < -0.3 is 15.0 Å². The van der Waals surface area contributed by atoms with E-state index in [9.17, 15) is 4.79 Å². The SMILES string of the molecule is Cc1ccc(Cn2cc(CNCc3ccc(C(=O)O)cc3)c3ccccc32)cc1. The van der Waals surface area contributed by atoms with Crippen molar-refractivity contribution < 1.29 is 9.90 Å². The van der Waals surface area contributed by atoms with Crippen LogP contribution in [-0.2, 0) is 19.6 Å². The molecule has 3 aromatic carbocycles. The third-order valence-electron chi connectivity index (χ3n) is 5.19. The minimum Gasteiger partial charge on any atom is -0.478 e. The Morgan fingerprint density at radius 2 is 1.59 bits per heavy atom. The Hall–Kier alpha value is -3.37. The molecule has 0 amide bonds. The van der Waals surface area contributed by atoms with Crippen LogP contribution in [0.3, 0.4) is 0 Å². The molecule has 1 heterocycles. The molecule has 0 spiro atoms. The van der Waals surface area contributed by atoms with Crippen molar-refractivity contribution in [2.24, 2.45) is 0 Å². The Morgan fingerprint density at radius 3 is 2.31 bits per heavy atom. The molecular weight excluding hydrogens is 360 g/mol. The fraction of sp³-hybridized carbons (Fsp3) is 0.160. The molecule has 0 aliphatic heterocycles. The summed E-state index contributed by atoms with van der Waals surface area (Å²) < 4.78 is 2.30. The van der Waals surface area contributed by atoms with E-state index in [4.69, 9.17) is 5.11 Å². The number of carbonyl (C=O) groups is 1. The molecule has 0 radical (unpaired) electrons. The average molecular weight is 384 g/mol. The Kier molecular flexibility index (Phi) is 5.45. The molecule has 4 nitrogen and oxygen atoms in total. The zero-order valence-electron chi connectivity index (χ0n) is 16.4. The predicted molar refractivity (Wildman–Crippen MR) is 116 cm³/mol. The zero-order chi connectivity index (χ0) is 20.2. The summed E-state index contributed by atoms with van der Waals surface area (Å²) in [6.45, 7) is 4.39. The quantitative estimate of drug-likeness (QED) is 0.472. The van der Waals surface area contributed by atoms with Gasteiger partial charge in [-0.3, -0.25) is 0 Å². The number of hydrogen-bond acceptors (Lipinski definition) is 2. The van der Waals surface area contributed by atoms with Gasteiger partial charge >= 0.3 is 5.97 Å². The maximum Gasteiger partial charge on any atom is 0.335 e. The largest absolute Gasteiger partial charge is 0.478 e. The van der Waals surface area contributed by atoms with E-state index < -0.39 is 5.97 Å². The zero-order valence-corrected chi connectivity index (χ0v) is 16.4. The van der Waals surface area contributed by atoms with Crippen LogP contribution in [-0.4, -0.2) is 15.6 Å². The van der Waals surface area contributed by atoms with Gasteiger partial charge in [0.25, 0.3) is 0 Å². The second-order valence-corrected chi connectivity index (χ2v) is 7.39. The van der Waals surface area contributed by atoms with E-state index in [0.717, 1.165) is 18.7 Å². The summed E-state index contributed by atoms with van der Waals surface area (Å²) in [6, 6.07) is 24.2. The minimum absolute atomic E-state index is 0.313. The van der Waals surface area contributed by atoms with Crippen LogP contribution >= 0.6 is 0 Å². The first-order valence-electron chi connectivity index (χ1n) is 9.75. The molecule has 0 saturated carbocycles. The second-order valence-electron chi connectivity index (χ2n) is 7.39. The lowest BCUT2D eigenvalue weighted by Crippen LogP contribution is -2.12. The number of carboxylic acids is 1. The van der Waals surface area contributed by atoms with Crippen LogP contribution in [0.4, 0.5) is 0 Å². The summed E-state index contributed by atoms with van der Waals surface area (Å²) in [5.74, 6) is -0.897. The van der Waals surface area contributed by atoms with Crippen molar-refractivity contribution in [2.45, 2.75) is 26.6 Å². The third-order valence-corrected chi connectivity index (χ3v) is 5.19. The first-order valence-corrected chi connectivity index (χ1v) is 9.75. The maximum absolute atomic E-state index is 11.0. The first kappa shape index (κ1) is 19.0.